The number of carbonyl (C=O) groups excluding carboxylic acids is 1. The average Bonchev–Trinajstić information content (AvgIpc) is 3.46. The predicted octanol–water partition coefficient (Wildman–Crippen LogP) is 3.70. The number of fused-ring (bicyclic) bond motifs is 1. The minimum absolute atomic E-state index is 0.0242. The molecule has 1 amide bonds. The van der Waals surface area contributed by atoms with Crippen LogP contribution in [0.3, 0.4) is 0 Å². The fourth-order valence-electron chi connectivity index (χ4n) is 4.32. The second-order valence-corrected chi connectivity index (χ2v) is 10.9. The average molecular weight is 479 g/mol. The molecule has 0 bridgehead atoms. The maximum Gasteiger partial charge on any atom is 0.387 e. The smallest absolute Gasteiger partial charge is 0.387 e. The van der Waals surface area contributed by atoms with Gasteiger partial charge in [0.2, 0.25) is 0 Å². The van der Waals surface area contributed by atoms with E-state index in [2.05, 4.69) is 15.2 Å². The van der Waals surface area contributed by atoms with Gasteiger partial charge < -0.3 is 10.1 Å². The van der Waals surface area contributed by atoms with Gasteiger partial charge in [0.25, 0.3) is 5.91 Å². The first-order chi connectivity index (χ1) is 15.6. The molecule has 1 saturated carbocycles. The first-order valence-corrected chi connectivity index (χ1v) is 12.2. The number of hydrogen-bond acceptors (Lipinski definition) is 5. The van der Waals surface area contributed by atoms with Gasteiger partial charge in [-0.1, -0.05) is 12.1 Å². The number of hydrogen-bond donors (Lipinski definition) is 1. The molecule has 5 rings (SSSR count). The van der Waals surface area contributed by atoms with Gasteiger partial charge in [-0.2, -0.15) is 13.9 Å². The van der Waals surface area contributed by atoms with Crippen molar-refractivity contribution in [2.45, 2.75) is 38.0 Å². The fourth-order valence-corrected chi connectivity index (χ4v) is 6.33. The molecule has 1 aromatic heterocycles. The second-order valence-electron chi connectivity index (χ2n) is 8.80. The summed E-state index contributed by atoms with van der Waals surface area (Å²) in [7, 11) is -3.19. The van der Waals surface area contributed by atoms with Crippen molar-refractivity contribution in [1.29, 1.82) is 0 Å². The molecule has 0 atom stereocenters. The molecule has 0 spiro atoms. The van der Waals surface area contributed by atoms with Crippen molar-refractivity contribution in [2.75, 3.05) is 11.5 Å². The van der Waals surface area contributed by atoms with Crippen LogP contribution in [0.25, 0.3) is 22.2 Å². The molecule has 0 radical (unpaired) electrons. The van der Waals surface area contributed by atoms with Crippen molar-refractivity contribution < 1.29 is 31.1 Å². The number of alkyl halides is 2. The molecule has 1 N–H and O–H groups in total. The van der Waals surface area contributed by atoms with Gasteiger partial charge in [-0.3, -0.25) is 9.48 Å². The van der Waals surface area contributed by atoms with Crippen molar-refractivity contribution in [3.8, 4) is 17.0 Å². The molecule has 1 saturated heterocycles. The summed E-state index contributed by atoms with van der Waals surface area (Å²) in [5.41, 5.74) is -0.145. The number of amides is 1. The van der Waals surface area contributed by atoms with E-state index >= 15 is 4.39 Å². The molecule has 2 aliphatic rings. The number of nitrogens with zero attached hydrogens (tertiary/aromatic N) is 2. The molecule has 11 heteroatoms. The molecule has 3 aromatic rings. The third-order valence-electron chi connectivity index (χ3n) is 5.77. The van der Waals surface area contributed by atoms with Gasteiger partial charge in [-0.25, -0.2) is 12.8 Å². The summed E-state index contributed by atoms with van der Waals surface area (Å²) >= 11 is 0. The van der Waals surface area contributed by atoms with Crippen molar-refractivity contribution in [2.24, 2.45) is 0 Å². The summed E-state index contributed by atoms with van der Waals surface area (Å²) in [4.78, 5) is 12.8. The van der Waals surface area contributed by atoms with E-state index in [1.165, 1.54) is 22.9 Å². The zero-order chi connectivity index (χ0) is 23.5. The SMILES string of the molecule is CC1(NC(=O)c2ccc3c(-c4cccc(OC(F)F)c4)nn(C4CC4)c3c2F)CS(=O)(=O)C1. The quantitative estimate of drug-likeness (QED) is 0.582. The first-order valence-electron chi connectivity index (χ1n) is 10.3. The number of ether oxygens (including phenoxy) is 1. The van der Waals surface area contributed by atoms with E-state index in [1.54, 1.807) is 25.1 Å². The lowest BCUT2D eigenvalue weighted by Gasteiger charge is -2.38. The molecule has 1 aliphatic heterocycles. The molecule has 2 heterocycles. The second kappa shape index (κ2) is 7.47. The molecule has 0 unspecified atom stereocenters. The van der Waals surface area contributed by atoms with Crippen LogP contribution in [0.2, 0.25) is 0 Å². The number of benzene rings is 2. The maximum absolute atomic E-state index is 15.6. The lowest BCUT2D eigenvalue weighted by atomic mass is 10.0. The number of sulfone groups is 1. The zero-order valence-corrected chi connectivity index (χ0v) is 18.3. The summed E-state index contributed by atoms with van der Waals surface area (Å²) in [6.45, 7) is -1.38. The minimum atomic E-state index is -3.19. The Morgan fingerprint density at radius 2 is 1.97 bits per heavy atom. The Hall–Kier alpha value is -3.08. The highest BCUT2D eigenvalue weighted by Gasteiger charge is 2.46. The number of aromatic nitrogens is 2. The third kappa shape index (κ3) is 4.05. The van der Waals surface area contributed by atoms with Crippen LogP contribution in [-0.2, 0) is 9.84 Å². The van der Waals surface area contributed by atoms with Crippen molar-refractivity contribution in [3.63, 3.8) is 0 Å². The van der Waals surface area contributed by atoms with E-state index in [0.717, 1.165) is 12.8 Å². The Morgan fingerprint density at radius 3 is 2.61 bits per heavy atom. The monoisotopic (exact) mass is 479 g/mol. The summed E-state index contributed by atoms with van der Waals surface area (Å²) in [6.07, 6.45) is 1.60. The van der Waals surface area contributed by atoms with Crippen molar-refractivity contribution in [3.05, 3.63) is 47.8 Å². The van der Waals surface area contributed by atoms with Crippen LogP contribution in [-0.4, -0.2) is 47.8 Å². The highest BCUT2D eigenvalue weighted by Crippen LogP contribution is 2.41. The van der Waals surface area contributed by atoms with Crippen LogP contribution in [0.4, 0.5) is 13.2 Å². The Bertz CT molecular complexity index is 1370. The third-order valence-corrected chi connectivity index (χ3v) is 7.92. The number of nitrogens with one attached hydrogen (secondary N) is 1. The Balaban J connectivity index is 1.55. The highest BCUT2D eigenvalue weighted by molar-refractivity contribution is 7.93. The molecule has 33 heavy (non-hydrogen) atoms. The number of halogens is 3. The van der Waals surface area contributed by atoms with Gasteiger partial charge in [0.15, 0.2) is 15.7 Å². The van der Waals surface area contributed by atoms with Crippen molar-refractivity contribution >= 4 is 26.6 Å². The number of carbonyl (C=O) groups is 1. The van der Waals surface area contributed by atoms with E-state index in [4.69, 9.17) is 0 Å². The lowest BCUT2D eigenvalue weighted by molar-refractivity contribution is -0.0498. The van der Waals surface area contributed by atoms with E-state index in [9.17, 15) is 22.0 Å². The Kier molecular flexibility index (Phi) is 4.93. The Morgan fingerprint density at radius 1 is 1.24 bits per heavy atom. The van der Waals surface area contributed by atoms with E-state index in [0.29, 0.717) is 16.6 Å². The minimum Gasteiger partial charge on any atom is -0.435 e. The maximum atomic E-state index is 15.6. The number of rotatable bonds is 6. The van der Waals surface area contributed by atoms with Crippen LogP contribution in [0, 0.1) is 5.82 Å². The van der Waals surface area contributed by atoms with Gasteiger partial charge in [0, 0.05) is 10.9 Å². The summed E-state index contributed by atoms with van der Waals surface area (Å²) in [5.74, 6) is -1.91. The summed E-state index contributed by atoms with van der Waals surface area (Å²) < 4.78 is 69.9. The zero-order valence-electron chi connectivity index (χ0n) is 17.5. The molecule has 1 aliphatic carbocycles. The molecular formula is C22H20F3N3O4S. The fraction of sp³-hybridized carbons (Fsp3) is 0.364. The Labute approximate surface area is 187 Å². The molecule has 7 nitrogen and oxygen atoms in total. The van der Waals surface area contributed by atoms with Crippen molar-refractivity contribution in [1.82, 2.24) is 15.1 Å². The molecule has 2 fully saturated rings. The van der Waals surface area contributed by atoms with E-state index in [-0.39, 0.29) is 34.4 Å². The van der Waals surface area contributed by atoms with Gasteiger partial charge >= 0.3 is 6.61 Å². The molecule has 2 aromatic carbocycles. The van der Waals surface area contributed by atoms with Gasteiger partial charge in [-0.05, 0) is 44.0 Å². The van der Waals surface area contributed by atoms with E-state index < -0.39 is 33.7 Å². The van der Waals surface area contributed by atoms with Crippen LogP contribution in [0.1, 0.15) is 36.2 Å². The molecular weight excluding hydrogens is 459 g/mol. The largest absolute Gasteiger partial charge is 0.435 e. The summed E-state index contributed by atoms with van der Waals surface area (Å²) in [6, 6.07) is 8.86. The van der Waals surface area contributed by atoms with Crippen LogP contribution < -0.4 is 10.1 Å². The highest BCUT2D eigenvalue weighted by atomic mass is 32.2. The van der Waals surface area contributed by atoms with Crippen LogP contribution in [0.5, 0.6) is 5.75 Å². The van der Waals surface area contributed by atoms with E-state index in [1.807, 2.05) is 0 Å². The lowest BCUT2D eigenvalue weighted by Crippen LogP contribution is -2.63. The predicted molar refractivity (Wildman–Crippen MR) is 115 cm³/mol. The van der Waals surface area contributed by atoms with Gasteiger partial charge in [0.1, 0.15) is 17.0 Å². The van der Waals surface area contributed by atoms with Crippen LogP contribution >= 0.6 is 0 Å². The van der Waals surface area contributed by atoms with Gasteiger partial charge in [-0.15, -0.1) is 0 Å². The topological polar surface area (TPSA) is 90.3 Å². The summed E-state index contributed by atoms with van der Waals surface area (Å²) in [5, 5.41) is 7.60. The first kappa shape index (κ1) is 21.7. The van der Waals surface area contributed by atoms with Gasteiger partial charge in [0.05, 0.1) is 28.6 Å². The standard InChI is InChI=1S/C22H20F3N3O4S/c1-22(10-33(30,31)11-22)26-20(29)15-7-8-16-18(12-3-2-4-14(9-12)32-21(24)25)27-28(13-5-6-13)19(16)17(15)23/h2-4,7-9,13,21H,5-6,10-11H2,1H3,(H,26,29). The molecule has 174 valence electrons. The normalized spacial score (nSPS) is 18.8. The van der Waals surface area contributed by atoms with Crippen LogP contribution in [0.15, 0.2) is 36.4 Å².